The Kier molecular flexibility index (Phi) is 4.62. The monoisotopic (exact) mass is 211 g/mol. The van der Waals surface area contributed by atoms with E-state index in [1.807, 2.05) is 0 Å². The molecule has 2 atom stereocenters. The van der Waals surface area contributed by atoms with Crippen LogP contribution in [0.1, 0.15) is 47.0 Å². The predicted octanol–water partition coefficient (Wildman–Crippen LogP) is 2.83. The quantitative estimate of drug-likeness (QED) is 0.761. The van der Waals surface area contributed by atoms with Crippen molar-refractivity contribution in [3.63, 3.8) is 0 Å². The average molecular weight is 211 g/mol. The standard InChI is InChI=1S/C13H25NO/c1-9(2)8-14-13(15)12-6-5-11(7-12)10(3)4/h9-12H,5-8H2,1-4H3,(H,14,15). The zero-order chi connectivity index (χ0) is 11.4. The van der Waals surface area contributed by atoms with Crippen molar-refractivity contribution in [1.29, 1.82) is 0 Å². The molecular weight excluding hydrogens is 186 g/mol. The Labute approximate surface area is 93.8 Å². The zero-order valence-electron chi connectivity index (χ0n) is 10.5. The molecule has 0 spiro atoms. The molecule has 0 aromatic carbocycles. The third-order valence-corrected chi connectivity index (χ3v) is 3.47. The molecular formula is C13H25NO. The van der Waals surface area contributed by atoms with E-state index in [0.29, 0.717) is 5.92 Å². The highest BCUT2D eigenvalue weighted by molar-refractivity contribution is 5.78. The molecule has 1 N–H and O–H groups in total. The van der Waals surface area contributed by atoms with Gasteiger partial charge in [0.15, 0.2) is 0 Å². The van der Waals surface area contributed by atoms with Crippen molar-refractivity contribution in [3.05, 3.63) is 0 Å². The summed E-state index contributed by atoms with van der Waals surface area (Å²) in [6.45, 7) is 9.61. The molecule has 2 unspecified atom stereocenters. The van der Waals surface area contributed by atoms with Gasteiger partial charge in [0, 0.05) is 12.5 Å². The van der Waals surface area contributed by atoms with Crippen molar-refractivity contribution in [2.75, 3.05) is 6.54 Å². The fourth-order valence-electron chi connectivity index (χ4n) is 2.31. The minimum absolute atomic E-state index is 0.284. The summed E-state index contributed by atoms with van der Waals surface area (Å²) < 4.78 is 0. The van der Waals surface area contributed by atoms with E-state index in [1.165, 1.54) is 6.42 Å². The van der Waals surface area contributed by atoms with Gasteiger partial charge < -0.3 is 5.32 Å². The Hall–Kier alpha value is -0.530. The van der Waals surface area contributed by atoms with Gasteiger partial charge in [0.2, 0.25) is 5.91 Å². The summed E-state index contributed by atoms with van der Waals surface area (Å²) in [6, 6.07) is 0. The largest absolute Gasteiger partial charge is 0.356 e. The fourth-order valence-corrected chi connectivity index (χ4v) is 2.31. The molecule has 0 aromatic rings. The Bertz CT molecular complexity index is 211. The number of carbonyl (C=O) groups is 1. The van der Waals surface area contributed by atoms with Crippen LogP contribution in [0.3, 0.4) is 0 Å². The lowest BCUT2D eigenvalue weighted by Crippen LogP contribution is -2.32. The van der Waals surface area contributed by atoms with E-state index in [-0.39, 0.29) is 11.8 Å². The molecule has 0 aromatic heterocycles. The van der Waals surface area contributed by atoms with E-state index in [9.17, 15) is 4.79 Å². The minimum atomic E-state index is 0.284. The number of hydrogen-bond donors (Lipinski definition) is 1. The first kappa shape index (κ1) is 12.5. The van der Waals surface area contributed by atoms with Crippen LogP contribution in [0, 0.1) is 23.7 Å². The molecule has 2 heteroatoms. The Balaban J connectivity index is 2.30. The lowest BCUT2D eigenvalue weighted by molar-refractivity contribution is -0.125. The van der Waals surface area contributed by atoms with Gasteiger partial charge in [-0.3, -0.25) is 4.79 Å². The van der Waals surface area contributed by atoms with Crippen LogP contribution in [0.15, 0.2) is 0 Å². The predicted molar refractivity (Wildman–Crippen MR) is 63.5 cm³/mol. The maximum Gasteiger partial charge on any atom is 0.223 e. The number of amides is 1. The van der Waals surface area contributed by atoms with Gasteiger partial charge in [-0.05, 0) is 37.0 Å². The lowest BCUT2D eigenvalue weighted by atomic mass is 9.93. The van der Waals surface area contributed by atoms with E-state index in [1.54, 1.807) is 0 Å². The van der Waals surface area contributed by atoms with Gasteiger partial charge in [-0.15, -0.1) is 0 Å². The number of hydrogen-bond acceptors (Lipinski definition) is 1. The second-order valence-corrected chi connectivity index (χ2v) is 5.65. The van der Waals surface area contributed by atoms with Gasteiger partial charge in [-0.25, -0.2) is 0 Å². The normalized spacial score (nSPS) is 26.3. The highest BCUT2D eigenvalue weighted by atomic mass is 16.1. The number of nitrogens with one attached hydrogen (secondary N) is 1. The molecule has 88 valence electrons. The van der Waals surface area contributed by atoms with Crippen LogP contribution < -0.4 is 5.32 Å². The number of carbonyl (C=O) groups excluding carboxylic acids is 1. The molecule has 0 radical (unpaired) electrons. The summed E-state index contributed by atoms with van der Waals surface area (Å²) >= 11 is 0. The van der Waals surface area contributed by atoms with Gasteiger partial charge >= 0.3 is 0 Å². The molecule has 1 saturated carbocycles. The second-order valence-electron chi connectivity index (χ2n) is 5.65. The van der Waals surface area contributed by atoms with E-state index in [0.717, 1.165) is 31.2 Å². The Morgan fingerprint density at radius 2 is 1.93 bits per heavy atom. The topological polar surface area (TPSA) is 29.1 Å². The van der Waals surface area contributed by atoms with Crippen molar-refractivity contribution >= 4 is 5.91 Å². The molecule has 1 aliphatic rings. The molecule has 0 bridgehead atoms. The summed E-state index contributed by atoms with van der Waals surface area (Å²) in [5, 5.41) is 3.04. The summed E-state index contributed by atoms with van der Waals surface area (Å²) in [6.07, 6.45) is 3.42. The van der Waals surface area contributed by atoms with Gasteiger partial charge in [-0.2, -0.15) is 0 Å². The summed E-state index contributed by atoms with van der Waals surface area (Å²) in [7, 11) is 0. The average Bonchev–Trinajstić information content (AvgIpc) is 2.62. The molecule has 1 rings (SSSR count). The van der Waals surface area contributed by atoms with Crippen LogP contribution >= 0.6 is 0 Å². The van der Waals surface area contributed by atoms with Crippen LogP contribution in [-0.2, 0) is 4.79 Å². The fraction of sp³-hybridized carbons (Fsp3) is 0.923. The highest BCUT2D eigenvalue weighted by Crippen LogP contribution is 2.35. The SMILES string of the molecule is CC(C)CNC(=O)C1CCC(C(C)C)C1. The highest BCUT2D eigenvalue weighted by Gasteiger charge is 2.31. The third kappa shape index (κ3) is 3.84. The molecule has 1 fully saturated rings. The first-order valence-corrected chi connectivity index (χ1v) is 6.28. The Morgan fingerprint density at radius 1 is 1.27 bits per heavy atom. The van der Waals surface area contributed by atoms with Crippen molar-refractivity contribution in [3.8, 4) is 0 Å². The molecule has 15 heavy (non-hydrogen) atoms. The number of rotatable bonds is 4. The van der Waals surface area contributed by atoms with E-state index in [4.69, 9.17) is 0 Å². The van der Waals surface area contributed by atoms with Crippen molar-refractivity contribution in [1.82, 2.24) is 5.32 Å². The first-order chi connectivity index (χ1) is 7.00. The van der Waals surface area contributed by atoms with Crippen LogP contribution in [0.5, 0.6) is 0 Å². The second kappa shape index (κ2) is 5.53. The molecule has 2 nitrogen and oxygen atoms in total. The summed E-state index contributed by atoms with van der Waals surface area (Å²) in [5.74, 6) is 2.62. The van der Waals surface area contributed by atoms with Crippen molar-refractivity contribution < 1.29 is 4.79 Å². The summed E-state index contributed by atoms with van der Waals surface area (Å²) in [4.78, 5) is 11.8. The maximum absolute atomic E-state index is 11.8. The van der Waals surface area contributed by atoms with Crippen LogP contribution in [0.25, 0.3) is 0 Å². The zero-order valence-corrected chi connectivity index (χ0v) is 10.5. The van der Waals surface area contributed by atoms with Gasteiger partial charge in [0.1, 0.15) is 0 Å². The van der Waals surface area contributed by atoms with Crippen LogP contribution in [-0.4, -0.2) is 12.5 Å². The van der Waals surface area contributed by atoms with Crippen molar-refractivity contribution in [2.45, 2.75) is 47.0 Å². The lowest BCUT2D eigenvalue weighted by Gasteiger charge is -2.15. The van der Waals surface area contributed by atoms with Crippen LogP contribution in [0.2, 0.25) is 0 Å². The van der Waals surface area contributed by atoms with E-state index in [2.05, 4.69) is 33.0 Å². The molecule has 0 heterocycles. The maximum atomic E-state index is 11.8. The smallest absolute Gasteiger partial charge is 0.223 e. The van der Waals surface area contributed by atoms with Crippen molar-refractivity contribution in [2.24, 2.45) is 23.7 Å². The molecule has 1 amide bonds. The minimum Gasteiger partial charge on any atom is -0.356 e. The van der Waals surface area contributed by atoms with E-state index >= 15 is 0 Å². The van der Waals surface area contributed by atoms with Gasteiger partial charge in [-0.1, -0.05) is 27.7 Å². The van der Waals surface area contributed by atoms with Gasteiger partial charge in [0.05, 0.1) is 0 Å². The van der Waals surface area contributed by atoms with Gasteiger partial charge in [0.25, 0.3) is 0 Å². The van der Waals surface area contributed by atoms with E-state index < -0.39 is 0 Å². The Morgan fingerprint density at radius 3 is 2.40 bits per heavy atom. The molecule has 0 saturated heterocycles. The molecule has 0 aliphatic heterocycles. The first-order valence-electron chi connectivity index (χ1n) is 6.28. The van der Waals surface area contributed by atoms with Crippen LogP contribution in [0.4, 0.5) is 0 Å². The third-order valence-electron chi connectivity index (χ3n) is 3.47. The molecule has 1 aliphatic carbocycles. The summed E-state index contributed by atoms with van der Waals surface area (Å²) in [5.41, 5.74) is 0.